The third-order valence-corrected chi connectivity index (χ3v) is 3.40. The second kappa shape index (κ2) is 6.78. The van der Waals surface area contributed by atoms with Crippen LogP contribution in [0.4, 0.5) is 0 Å². The predicted molar refractivity (Wildman–Crippen MR) is 77.7 cm³/mol. The van der Waals surface area contributed by atoms with E-state index in [1.165, 1.54) is 7.11 Å². The predicted octanol–water partition coefficient (Wildman–Crippen LogP) is 2.58. The van der Waals surface area contributed by atoms with E-state index < -0.39 is 0 Å². The molecule has 0 saturated heterocycles. The zero-order valence-electron chi connectivity index (χ0n) is 11.0. The molecule has 1 heterocycles. The van der Waals surface area contributed by atoms with Crippen molar-refractivity contribution in [1.82, 2.24) is 5.32 Å². The Labute approximate surface area is 125 Å². The van der Waals surface area contributed by atoms with Crippen LogP contribution in [0.2, 0.25) is 0 Å². The molecule has 0 aliphatic rings. The van der Waals surface area contributed by atoms with Gasteiger partial charge in [0.1, 0.15) is 5.76 Å². The maximum absolute atomic E-state index is 10.1. The van der Waals surface area contributed by atoms with Gasteiger partial charge in [0.15, 0.2) is 11.5 Å². The topological polar surface area (TPSA) is 74.9 Å². The van der Waals surface area contributed by atoms with Gasteiger partial charge in [0.25, 0.3) is 0 Å². The summed E-state index contributed by atoms with van der Waals surface area (Å²) in [7, 11) is 1.50. The fourth-order valence-electron chi connectivity index (χ4n) is 1.90. The summed E-state index contributed by atoms with van der Waals surface area (Å²) in [6.07, 6.45) is 1.55. The number of furan rings is 1. The third-order valence-electron chi connectivity index (χ3n) is 2.95. The summed E-state index contributed by atoms with van der Waals surface area (Å²) in [5.41, 5.74) is 0.668. The summed E-state index contributed by atoms with van der Waals surface area (Å²) in [6, 6.07) is 6.71. The molecular weight excluding hydrogens is 326 g/mol. The monoisotopic (exact) mass is 341 g/mol. The van der Waals surface area contributed by atoms with Crippen LogP contribution in [0.25, 0.3) is 0 Å². The molecule has 1 unspecified atom stereocenters. The number of methoxy groups -OCH3 is 1. The molecule has 3 N–H and O–H groups in total. The molecule has 0 spiro atoms. The standard InChI is InChI=1S/C14H16BrNO4/c1-19-13-6-10(15)5-9(14(13)18)7-16-11(8-17)12-3-2-4-20-12/h2-6,11,16-18H,7-8H2,1H3. The smallest absolute Gasteiger partial charge is 0.162 e. The molecule has 0 aliphatic carbocycles. The summed E-state index contributed by atoms with van der Waals surface area (Å²) in [5, 5.41) is 22.6. The number of rotatable bonds is 6. The van der Waals surface area contributed by atoms with Gasteiger partial charge in [-0.2, -0.15) is 0 Å². The van der Waals surface area contributed by atoms with Crippen molar-refractivity contribution >= 4 is 15.9 Å². The number of benzene rings is 1. The lowest BCUT2D eigenvalue weighted by Gasteiger charge is -2.15. The maximum atomic E-state index is 10.1. The summed E-state index contributed by atoms with van der Waals surface area (Å²) < 4.78 is 11.2. The second-order valence-corrected chi connectivity index (χ2v) is 5.16. The van der Waals surface area contributed by atoms with Crippen LogP contribution < -0.4 is 10.1 Å². The molecule has 0 fully saturated rings. The largest absolute Gasteiger partial charge is 0.504 e. The van der Waals surface area contributed by atoms with Gasteiger partial charge in [-0.05, 0) is 24.3 Å². The molecule has 6 heteroatoms. The van der Waals surface area contributed by atoms with E-state index in [0.29, 0.717) is 23.6 Å². The van der Waals surface area contributed by atoms with Gasteiger partial charge < -0.3 is 24.7 Å². The average Bonchev–Trinajstić information content (AvgIpc) is 2.96. The lowest BCUT2D eigenvalue weighted by Crippen LogP contribution is -2.23. The normalized spacial score (nSPS) is 12.3. The Morgan fingerprint density at radius 3 is 2.85 bits per heavy atom. The van der Waals surface area contributed by atoms with E-state index in [4.69, 9.17) is 9.15 Å². The molecule has 0 aliphatic heterocycles. The number of halogens is 1. The molecule has 5 nitrogen and oxygen atoms in total. The van der Waals surface area contributed by atoms with Gasteiger partial charge >= 0.3 is 0 Å². The Morgan fingerprint density at radius 1 is 1.45 bits per heavy atom. The number of hydrogen-bond donors (Lipinski definition) is 3. The lowest BCUT2D eigenvalue weighted by atomic mass is 10.1. The van der Waals surface area contributed by atoms with Crippen molar-refractivity contribution in [3.8, 4) is 11.5 Å². The van der Waals surface area contributed by atoms with Crippen LogP contribution in [-0.4, -0.2) is 23.9 Å². The first-order chi connectivity index (χ1) is 9.65. The van der Waals surface area contributed by atoms with Crippen molar-refractivity contribution in [3.63, 3.8) is 0 Å². The van der Waals surface area contributed by atoms with Crippen molar-refractivity contribution in [1.29, 1.82) is 0 Å². The van der Waals surface area contributed by atoms with Crippen molar-refractivity contribution in [2.45, 2.75) is 12.6 Å². The Balaban J connectivity index is 2.12. The van der Waals surface area contributed by atoms with Crippen molar-refractivity contribution in [2.75, 3.05) is 13.7 Å². The van der Waals surface area contributed by atoms with Crippen LogP contribution in [0.5, 0.6) is 11.5 Å². The number of phenolic OH excluding ortho intramolecular Hbond substituents is 1. The van der Waals surface area contributed by atoms with Crippen molar-refractivity contribution in [2.24, 2.45) is 0 Å². The number of aliphatic hydroxyl groups excluding tert-OH is 1. The van der Waals surface area contributed by atoms with E-state index in [0.717, 1.165) is 4.47 Å². The number of nitrogens with one attached hydrogen (secondary N) is 1. The summed E-state index contributed by atoms with van der Waals surface area (Å²) in [4.78, 5) is 0. The minimum atomic E-state index is -0.325. The highest BCUT2D eigenvalue weighted by atomic mass is 79.9. The van der Waals surface area contributed by atoms with E-state index in [1.54, 1.807) is 30.5 Å². The van der Waals surface area contributed by atoms with E-state index >= 15 is 0 Å². The quantitative estimate of drug-likeness (QED) is 0.752. The van der Waals surface area contributed by atoms with Crippen LogP contribution in [0.15, 0.2) is 39.4 Å². The first-order valence-electron chi connectivity index (χ1n) is 6.08. The van der Waals surface area contributed by atoms with Crippen molar-refractivity contribution in [3.05, 3.63) is 46.3 Å². The fourth-order valence-corrected chi connectivity index (χ4v) is 2.38. The van der Waals surface area contributed by atoms with E-state index in [9.17, 15) is 10.2 Å². The van der Waals surface area contributed by atoms with Gasteiger partial charge in [-0.3, -0.25) is 0 Å². The highest BCUT2D eigenvalue weighted by Crippen LogP contribution is 2.33. The summed E-state index contributed by atoms with van der Waals surface area (Å²) >= 11 is 3.36. The van der Waals surface area contributed by atoms with E-state index in [2.05, 4.69) is 21.2 Å². The summed E-state index contributed by atoms with van der Waals surface area (Å²) in [6.45, 7) is 0.271. The molecule has 0 bridgehead atoms. The van der Waals surface area contributed by atoms with Gasteiger partial charge in [-0.25, -0.2) is 0 Å². The molecule has 0 amide bonds. The molecule has 0 radical (unpaired) electrons. The zero-order chi connectivity index (χ0) is 14.5. The second-order valence-electron chi connectivity index (χ2n) is 4.25. The Bertz CT molecular complexity index is 557. The Kier molecular flexibility index (Phi) is 5.05. The third kappa shape index (κ3) is 3.33. The SMILES string of the molecule is COc1cc(Br)cc(CNC(CO)c2ccco2)c1O. The van der Waals surface area contributed by atoms with E-state index in [-0.39, 0.29) is 18.4 Å². The van der Waals surface area contributed by atoms with Gasteiger partial charge in [0.2, 0.25) is 0 Å². The van der Waals surface area contributed by atoms with Gasteiger partial charge in [-0.15, -0.1) is 0 Å². The highest BCUT2D eigenvalue weighted by molar-refractivity contribution is 9.10. The van der Waals surface area contributed by atoms with Crippen LogP contribution in [-0.2, 0) is 6.54 Å². The molecule has 1 aromatic heterocycles. The van der Waals surface area contributed by atoms with Crippen LogP contribution >= 0.6 is 15.9 Å². The Hall–Kier alpha value is -1.50. The number of hydrogen-bond acceptors (Lipinski definition) is 5. The van der Waals surface area contributed by atoms with Crippen molar-refractivity contribution < 1.29 is 19.4 Å². The lowest BCUT2D eigenvalue weighted by molar-refractivity contribution is 0.225. The molecule has 0 saturated carbocycles. The van der Waals surface area contributed by atoms with Gasteiger partial charge in [0, 0.05) is 16.6 Å². The van der Waals surface area contributed by atoms with Gasteiger partial charge in [-0.1, -0.05) is 15.9 Å². The fraction of sp³-hybridized carbons (Fsp3) is 0.286. The van der Waals surface area contributed by atoms with Gasteiger partial charge in [0.05, 0.1) is 26.0 Å². The number of aromatic hydroxyl groups is 1. The molecule has 2 aromatic rings. The number of ether oxygens (including phenoxy) is 1. The van der Waals surface area contributed by atoms with Crippen LogP contribution in [0.1, 0.15) is 17.4 Å². The average molecular weight is 342 g/mol. The Morgan fingerprint density at radius 2 is 2.25 bits per heavy atom. The van der Waals surface area contributed by atoms with Crippen LogP contribution in [0, 0.1) is 0 Å². The van der Waals surface area contributed by atoms with Crippen LogP contribution in [0.3, 0.4) is 0 Å². The molecular formula is C14H16BrNO4. The summed E-state index contributed by atoms with van der Waals surface area (Å²) in [5.74, 6) is 1.13. The molecule has 2 rings (SSSR count). The molecule has 20 heavy (non-hydrogen) atoms. The minimum Gasteiger partial charge on any atom is -0.504 e. The molecule has 1 aromatic carbocycles. The first kappa shape index (κ1) is 14.9. The molecule has 108 valence electrons. The maximum Gasteiger partial charge on any atom is 0.162 e. The van der Waals surface area contributed by atoms with E-state index in [1.807, 2.05) is 0 Å². The zero-order valence-corrected chi connectivity index (χ0v) is 12.6. The highest BCUT2D eigenvalue weighted by Gasteiger charge is 2.15. The molecule has 1 atom stereocenters. The number of aliphatic hydroxyl groups is 1. The number of phenols is 1. The first-order valence-corrected chi connectivity index (χ1v) is 6.88. The minimum absolute atomic E-state index is 0.0827.